The Morgan fingerprint density at radius 3 is 2.83 bits per heavy atom. The van der Waals surface area contributed by atoms with Gasteiger partial charge in [0.15, 0.2) is 0 Å². The lowest BCUT2D eigenvalue weighted by molar-refractivity contribution is 0.285. The molecule has 23 heavy (non-hydrogen) atoms. The van der Waals surface area contributed by atoms with Crippen LogP contribution in [0.2, 0.25) is 0 Å². The van der Waals surface area contributed by atoms with Crippen LogP contribution in [0.5, 0.6) is 5.75 Å². The molecule has 1 saturated carbocycles. The van der Waals surface area contributed by atoms with Gasteiger partial charge in [0.25, 0.3) is 0 Å². The molecular weight excluding hydrogens is 286 g/mol. The zero-order valence-corrected chi connectivity index (χ0v) is 14.2. The van der Waals surface area contributed by atoms with Crippen LogP contribution in [0, 0.1) is 12.8 Å². The molecule has 0 radical (unpaired) electrons. The van der Waals surface area contributed by atoms with Gasteiger partial charge in [0, 0.05) is 13.1 Å². The summed E-state index contributed by atoms with van der Waals surface area (Å²) in [7, 11) is 1.96. The maximum absolute atomic E-state index is 5.99. The molecule has 0 unspecified atom stereocenters. The third-order valence-corrected chi connectivity index (χ3v) is 4.55. The largest absolute Gasteiger partial charge is 0.487 e. The molecule has 0 atom stereocenters. The van der Waals surface area contributed by atoms with Crippen LogP contribution in [-0.4, -0.2) is 16.8 Å². The van der Waals surface area contributed by atoms with Crippen LogP contribution in [0.3, 0.4) is 0 Å². The average Bonchev–Trinajstić information content (AvgIpc) is 3.16. The van der Waals surface area contributed by atoms with Gasteiger partial charge in [-0.25, -0.2) is 0 Å². The number of ether oxygens (including phenoxy) is 1. The van der Waals surface area contributed by atoms with E-state index in [2.05, 4.69) is 35.1 Å². The molecule has 0 aliphatic heterocycles. The average molecular weight is 313 g/mol. The fraction of sp³-hybridized carbons (Fsp3) is 0.526. The van der Waals surface area contributed by atoms with E-state index in [0.717, 1.165) is 30.5 Å². The summed E-state index contributed by atoms with van der Waals surface area (Å²) in [6, 6.07) is 10.4. The van der Waals surface area contributed by atoms with Crippen molar-refractivity contribution in [2.45, 2.75) is 52.3 Å². The maximum Gasteiger partial charge on any atom is 0.130 e. The lowest BCUT2D eigenvalue weighted by Gasteiger charge is -2.13. The minimum atomic E-state index is 0.576. The number of aryl methyl sites for hydroxylation is 1. The second kappa shape index (κ2) is 7.64. The summed E-state index contributed by atoms with van der Waals surface area (Å²) >= 11 is 0. The van der Waals surface area contributed by atoms with Crippen molar-refractivity contribution in [2.24, 2.45) is 5.92 Å². The molecule has 0 saturated heterocycles. The number of benzene rings is 1. The Labute approximate surface area is 138 Å². The highest BCUT2D eigenvalue weighted by molar-refractivity contribution is 5.27. The zero-order valence-electron chi connectivity index (χ0n) is 14.2. The molecule has 124 valence electrons. The molecule has 1 heterocycles. The van der Waals surface area contributed by atoms with Gasteiger partial charge in [-0.05, 0) is 56.5 Å². The smallest absolute Gasteiger partial charge is 0.130 e. The molecule has 1 N–H and O–H groups in total. The van der Waals surface area contributed by atoms with Gasteiger partial charge in [-0.15, -0.1) is 0 Å². The molecule has 1 aliphatic rings. The highest BCUT2D eigenvalue weighted by atomic mass is 16.5. The van der Waals surface area contributed by atoms with Crippen molar-refractivity contribution in [1.82, 2.24) is 15.1 Å². The first-order valence-corrected chi connectivity index (χ1v) is 8.64. The molecule has 0 amide bonds. The minimum Gasteiger partial charge on any atom is -0.487 e. The monoisotopic (exact) mass is 313 g/mol. The summed E-state index contributed by atoms with van der Waals surface area (Å²) in [4.78, 5) is 0. The van der Waals surface area contributed by atoms with E-state index >= 15 is 0 Å². The van der Waals surface area contributed by atoms with E-state index in [1.807, 2.05) is 19.2 Å². The van der Waals surface area contributed by atoms with Gasteiger partial charge in [-0.3, -0.25) is 4.68 Å². The van der Waals surface area contributed by atoms with Crippen molar-refractivity contribution in [3.63, 3.8) is 0 Å². The van der Waals surface area contributed by atoms with E-state index < -0.39 is 0 Å². The van der Waals surface area contributed by atoms with E-state index in [4.69, 9.17) is 9.84 Å². The topological polar surface area (TPSA) is 39.1 Å². The predicted octanol–water partition coefficient (Wildman–Crippen LogP) is 3.68. The lowest BCUT2D eigenvalue weighted by Crippen LogP contribution is -2.14. The van der Waals surface area contributed by atoms with E-state index in [1.54, 1.807) is 0 Å². The fourth-order valence-corrected chi connectivity index (χ4v) is 3.36. The van der Waals surface area contributed by atoms with Crippen molar-refractivity contribution < 1.29 is 4.74 Å². The Bertz CT molecular complexity index is 629. The number of nitrogens with zero attached hydrogens (tertiary/aromatic N) is 2. The van der Waals surface area contributed by atoms with Crippen molar-refractivity contribution in [2.75, 3.05) is 7.05 Å². The minimum absolute atomic E-state index is 0.576. The molecular formula is C19H27N3O. The first-order valence-electron chi connectivity index (χ1n) is 8.64. The van der Waals surface area contributed by atoms with E-state index in [1.165, 1.54) is 36.9 Å². The molecule has 1 aromatic heterocycles. The van der Waals surface area contributed by atoms with Gasteiger partial charge in [0.05, 0.1) is 11.4 Å². The Hall–Kier alpha value is -1.81. The molecule has 1 aromatic carbocycles. The number of hydrogen-bond acceptors (Lipinski definition) is 3. The standard InChI is InChI=1S/C19H27N3O/c1-15-6-5-9-19(10-15)23-14-18-11-17(12-20-2)21-22(18)13-16-7-3-4-8-16/h5-6,9-11,16,20H,3-4,7-8,12-14H2,1-2H3. The second-order valence-corrected chi connectivity index (χ2v) is 6.60. The van der Waals surface area contributed by atoms with E-state index in [0.29, 0.717) is 6.61 Å². The maximum atomic E-state index is 5.99. The summed E-state index contributed by atoms with van der Waals surface area (Å²) < 4.78 is 8.15. The zero-order chi connectivity index (χ0) is 16.1. The van der Waals surface area contributed by atoms with E-state index in [9.17, 15) is 0 Å². The molecule has 3 rings (SSSR count). The van der Waals surface area contributed by atoms with Crippen LogP contribution >= 0.6 is 0 Å². The highest BCUT2D eigenvalue weighted by Crippen LogP contribution is 2.26. The summed E-state index contributed by atoms with van der Waals surface area (Å²) in [6.45, 7) is 4.49. The SMILES string of the molecule is CNCc1cc(COc2cccc(C)c2)n(CC2CCCC2)n1. The van der Waals surface area contributed by atoms with Crippen molar-refractivity contribution in [1.29, 1.82) is 0 Å². The summed E-state index contributed by atoms with van der Waals surface area (Å²) in [5.41, 5.74) is 3.48. The first kappa shape index (κ1) is 16.1. The lowest BCUT2D eigenvalue weighted by atomic mass is 10.1. The van der Waals surface area contributed by atoms with Crippen LogP contribution in [0.1, 0.15) is 42.6 Å². The molecule has 0 spiro atoms. The molecule has 1 aliphatic carbocycles. The molecule has 2 aromatic rings. The quantitative estimate of drug-likeness (QED) is 0.847. The number of rotatable bonds is 7. The van der Waals surface area contributed by atoms with Gasteiger partial charge in [-0.2, -0.15) is 5.10 Å². The third kappa shape index (κ3) is 4.35. The van der Waals surface area contributed by atoms with Crippen LogP contribution in [-0.2, 0) is 19.7 Å². The Morgan fingerprint density at radius 1 is 1.26 bits per heavy atom. The van der Waals surface area contributed by atoms with Crippen LogP contribution in [0.25, 0.3) is 0 Å². The van der Waals surface area contributed by atoms with Gasteiger partial charge in [-0.1, -0.05) is 25.0 Å². The first-order chi connectivity index (χ1) is 11.2. The Kier molecular flexibility index (Phi) is 5.34. The molecule has 0 bridgehead atoms. The Morgan fingerprint density at radius 2 is 2.09 bits per heavy atom. The summed E-state index contributed by atoms with van der Waals surface area (Å²) in [6.07, 6.45) is 5.40. The van der Waals surface area contributed by atoms with Crippen LogP contribution in [0.15, 0.2) is 30.3 Å². The van der Waals surface area contributed by atoms with Crippen molar-refractivity contribution in [3.05, 3.63) is 47.3 Å². The highest BCUT2D eigenvalue weighted by Gasteiger charge is 2.18. The van der Waals surface area contributed by atoms with Gasteiger partial charge >= 0.3 is 0 Å². The van der Waals surface area contributed by atoms with Crippen molar-refractivity contribution in [3.8, 4) is 5.75 Å². The van der Waals surface area contributed by atoms with Crippen LogP contribution in [0.4, 0.5) is 0 Å². The van der Waals surface area contributed by atoms with E-state index in [-0.39, 0.29) is 0 Å². The van der Waals surface area contributed by atoms with Crippen molar-refractivity contribution >= 4 is 0 Å². The van der Waals surface area contributed by atoms with Crippen LogP contribution < -0.4 is 10.1 Å². The molecule has 1 fully saturated rings. The van der Waals surface area contributed by atoms with Gasteiger partial charge < -0.3 is 10.1 Å². The fourth-order valence-electron chi connectivity index (χ4n) is 3.36. The number of nitrogens with one attached hydrogen (secondary N) is 1. The molecule has 4 nitrogen and oxygen atoms in total. The summed E-state index contributed by atoms with van der Waals surface area (Å²) in [5.74, 6) is 1.70. The number of hydrogen-bond donors (Lipinski definition) is 1. The Balaban J connectivity index is 1.70. The summed E-state index contributed by atoms with van der Waals surface area (Å²) in [5, 5.41) is 7.95. The normalized spacial score (nSPS) is 15.2. The third-order valence-electron chi connectivity index (χ3n) is 4.55. The molecule has 4 heteroatoms. The van der Waals surface area contributed by atoms with Gasteiger partial charge in [0.1, 0.15) is 12.4 Å². The number of aromatic nitrogens is 2. The predicted molar refractivity (Wildman–Crippen MR) is 92.5 cm³/mol. The van der Waals surface area contributed by atoms with Gasteiger partial charge in [0.2, 0.25) is 0 Å². The second-order valence-electron chi connectivity index (χ2n) is 6.60.